The molecule has 0 bridgehead atoms. The first kappa shape index (κ1) is 86.5. The number of methoxy groups -OCH3 is 2. The molecule has 16 aromatic rings. The lowest BCUT2D eigenvalue weighted by atomic mass is 10.1. The van der Waals surface area contributed by atoms with Crippen molar-refractivity contribution >= 4 is 29.0 Å². The standard InChI is InChI=1S/C28H25F3N2O2.C27H23N3O2.C26H20N4.C25H21N3/c1-20-14-22(17-26(15-20)28(29,30)31)19-33-12-8-24(9-13-33)23-6-10-32(11-7-23)18-21-4-3-5-25(16-21)27(34)35-2;1-28-26-9-5-22(6-10-26)20-30-17-13-24(14-18-30)23-11-15-29(16-12-23)19-21-3-7-25(8-4-21)27(31)32-2;1-28-26-8-6-23(7-9-26)20-30-16-12-25(13-17-30)24-10-14-29(15-11-24)19-22-4-2-21(18-27)3-5-22;1-26-25-9-7-22(8-10-25)20-28-17-13-24(14-18-28)23-11-15-27(16-12-23)19-21-5-3-2-4-6-21/h3-17H,18-19H2,1-2H3;3-18H,19-20H2,2H3;2-17H,19-20H2;2-18H,19-20H2/q4*+2. The van der Waals surface area contributed by atoms with E-state index in [0.717, 1.165) is 89.8 Å². The number of alkyl halides is 3. The summed E-state index contributed by atoms with van der Waals surface area (Å²) in [7, 11) is 2.75. The van der Waals surface area contributed by atoms with E-state index in [0.29, 0.717) is 58.0 Å². The summed E-state index contributed by atoms with van der Waals surface area (Å²) in [6.07, 6.45) is 28.3. The van der Waals surface area contributed by atoms with Gasteiger partial charge in [0.2, 0.25) is 0 Å². The summed E-state index contributed by atoms with van der Waals surface area (Å²) in [6, 6.07) is 95.8. The molecule has 610 valence electrons. The molecule has 8 aromatic carbocycles. The van der Waals surface area contributed by atoms with Gasteiger partial charge in [0.15, 0.2) is 169 Å². The zero-order valence-corrected chi connectivity index (χ0v) is 69.2. The van der Waals surface area contributed by atoms with Gasteiger partial charge in [-0.25, -0.2) is 60.7 Å². The van der Waals surface area contributed by atoms with E-state index in [2.05, 4.69) is 219 Å². The van der Waals surface area contributed by atoms with E-state index in [1.165, 1.54) is 59.2 Å². The van der Waals surface area contributed by atoms with Gasteiger partial charge in [0.25, 0.3) is 0 Å². The lowest BCUT2D eigenvalue weighted by molar-refractivity contribution is -0.688. The first-order valence-corrected chi connectivity index (χ1v) is 40.3. The molecule has 0 saturated heterocycles. The number of nitrogens with zero attached hydrogens (tertiary/aromatic N) is 12. The fourth-order valence-electron chi connectivity index (χ4n) is 13.9. The highest BCUT2D eigenvalue weighted by Crippen LogP contribution is 2.31. The second kappa shape index (κ2) is 42.5. The summed E-state index contributed by atoms with van der Waals surface area (Å²) in [5, 5.41) is 8.90. The molecule has 16 rings (SSSR count). The Bertz CT molecular complexity index is 6360. The molecule has 0 fully saturated rings. The van der Waals surface area contributed by atoms with Gasteiger partial charge in [0.1, 0.15) is 0 Å². The van der Waals surface area contributed by atoms with Crippen LogP contribution in [-0.4, -0.2) is 26.2 Å². The van der Waals surface area contributed by atoms with E-state index in [4.69, 9.17) is 34.5 Å². The van der Waals surface area contributed by atoms with Gasteiger partial charge in [0, 0.05) is 142 Å². The minimum Gasteiger partial charge on any atom is -0.465 e. The molecule has 0 saturated carbocycles. The van der Waals surface area contributed by atoms with Crippen molar-refractivity contribution in [3.8, 4) is 50.6 Å². The lowest BCUT2D eigenvalue weighted by Crippen LogP contribution is -2.33. The monoisotopic (exact) mass is 1650 g/mol. The van der Waals surface area contributed by atoms with Crippen molar-refractivity contribution in [1.29, 1.82) is 5.26 Å². The number of halogens is 3. The second-order valence-electron chi connectivity index (χ2n) is 29.8. The molecule has 125 heavy (non-hydrogen) atoms. The maximum Gasteiger partial charge on any atom is 0.416 e. The predicted molar refractivity (Wildman–Crippen MR) is 469 cm³/mol. The number of carbonyl (C=O) groups is 2. The molecule has 16 nitrogen and oxygen atoms in total. The number of pyridine rings is 8. The summed E-state index contributed by atoms with van der Waals surface area (Å²) in [5.41, 5.74) is 21.5. The van der Waals surface area contributed by atoms with Crippen LogP contribution in [0.5, 0.6) is 0 Å². The molecule has 19 heteroatoms. The van der Waals surface area contributed by atoms with Crippen LogP contribution in [0.2, 0.25) is 0 Å². The summed E-state index contributed by atoms with van der Waals surface area (Å²) < 4.78 is 65.6. The summed E-state index contributed by atoms with van der Waals surface area (Å²) in [4.78, 5) is 33.6. The van der Waals surface area contributed by atoms with Crippen LogP contribution >= 0.6 is 0 Å². The molecule has 0 amide bonds. The van der Waals surface area contributed by atoms with Gasteiger partial charge in [-0.3, -0.25) is 0 Å². The lowest BCUT2D eigenvalue weighted by Gasteiger charge is -2.09. The third-order valence-electron chi connectivity index (χ3n) is 20.7. The van der Waals surface area contributed by atoms with Crippen molar-refractivity contribution in [2.75, 3.05) is 14.2 Å². The van der Waals surface area contributed by atoms with E-state index < -0.39 is 11.7 Å². The van der Waals surface area contributed by atoms with Crippen LogP contribution in [0, 0.1) is 38.0 Å². The first-order valence-electron chi connectivity index (χ1n) is 40.3. The van der Waals surface area contributed by atoms with Crippen LogP contribution in [0.4, 0.5) is 30.2 Å². The number of hydrogen-bond donors (Lipinski definition) is 0. The molecule has 8 aromatic heterocycles. The van der Waals surface area contributed by atoms with Gasteiger partial charge in [-0.1, -0.05) is 145 Å². The van der Waals surface area contributed by atoms with Crippen LogP contribution in [0.25, 0.3) is 59.0 Å². The van der Waals surface area contributed by atoms with E-state index in [-0.39, 0.29) is 11.9 Å². The number of ether oxygens (including phenoxy) is 2. The van der Waals surface area contributed by atoms with Gasteiger partial charge in [-0.15, -0.1) is 0 Å². The minimum absolute atomic E-state index is 0.323. The van der Waals surface area contributed by atoms with Crippen LogP contribution in [0.15, 0.2) is 390 Å². The van der Waals surface area contributed by atoms with Gasteiger partial charge in [-0.05, 0) is 106 Å². The van der Waals surface area contributed by atoms with Crippen LogP contribution in [-0.2, 0) is 68.0 Å². The Morgan fingerprint density at radius 1 is 0.304 bits per heavy atom. The minimum atomic E-state index is -4.36. The normalized spacial score (nSPS) is 10.6. The van der Waals surface area contributed by atoms with Gasteiger partial charge in [-0.2, -0.15) is 18.4 Å². The Morgan fingerprint density at radius 3 is 0.840 bits per heavy atom. The molecule has 0 N–H and O–H groups in total. The predicted octanol–water partition coefficient (Wildman–Crippen LogP) is 18.5. The van der Waals surface area contributed by atoms with Crippen molar-refractivity contribution in [3.63, 3.8) is 0 Å². The molecule has 0 radical (unpaired) electrons. The fourth-order valence-corrected chi connectivity index (χ4v) is 13.9. The summed E-state index contributed by atoms with van der Waals surface area (Å²) in [5.74, 6) is -0.688. The molecule has 0 aliphatic rings. The maximum absolute atomic E-state index is 13.1. The van der Waals surface area contributed by atoms with E-state index in [9.17, 15) is 22.8 Å². The second-order valence-corrected chi connectivity index (χ2v) is 29.8. The topological polar surface area (TPSA) is 121 Å². The molecule has 8 heterocycles. The number of aryl methyl sites for hydroxylation is 1. The SMILES string of the molecule is COC(=O)c1cccc(C[n+]2ccc(-c3cc[n+](Cc4cc(C)cc(C(F)(F)F)c4)cc3)cc2)c1.[C-]#[N+]c1ccc(C[n+]2ccc(-c3cc[n+](Cc4ccc(C#N)cc4)cc3)cc2)cc1.[C-]#[N+]c1ccc(C[n+]2ccc(-c3cc[n+](Cc4ccc(C(=O)OC)cc4)cc3)cc2)cc1.[C-]#[N+]c1ccc(C[n+]2ccc(-c3cc[n+](Cc4ccccc4)cc3)cc2)cc1. The zero-order chi connectivity index (χ0) is 87.3. The third kappa shape index (κ3) is 25.4. The Hall–Kier alpha value is -16.4. The molecule has 0 unspecified atom stereocenters. The van der Waals surface area contributed by atoms with Crippen molar-refractivity contribution in [2.45, 2.75) is 65.5 Å². The highest BCUT2D eigenvalue weighted by atomic mass is 19.4. The van der Waals surface area contributed by atoms with Crippen LogP contribution in [0.1, 0.15) is 81.9 Å². The largest absolute Gasteiger partial charge is 0.465 e. The number of carbonyl (C=O) groups excluding carboxylic acids is 2. The number of rotatable bonds is 22. The van der Waals surface area contributed by atoms with E-state index in [1.54, 1.807) is 31.2 Å². The van der Waals surface area contributed by atoms with Crippen molar-refractivity contribution in [3.05, 3.63) is 497 Å². The Balaban J connectivity index is 0.000000143. The smallest absolute Gasteiger partial charge is 0.416 e. The Kier molecular flexibility index (Phi) is 29.4. The highest BCUT2D eigenvalue weighted by Gasteiger charge is 2.31. The van der Waals surface area contributed by atoms with E-state index >= 15 is 0 Å². The Morgan fingerprint density at radius 2 is 0.560 bits per heavy atom. The number of hydrogen-bond acceptors (Lipinski definition) is 5. The zero-order valence-electron chi connectivity index (χ0n) is 69.2. The van der Waals surface area contributed by atoms with Crippen molar-refractivity contribution in [2.24, 2.45) is 0 Å². The van der Waals surface area contributed by atoms with Crippen LogP contribution < -0.4 is 36.5 Å². The maximum atomic E-state index is 13.1. The van der Waals surface area contributed by atoms with Crippen molar-refractivity contribution in [1.82, 2.24) is 0 Å². The molecule has 0 aliphatic carbocycles. The Labute approximate surface area is 726 Å². The molecule has 0 atom stereocenters. The van der Waals surface area contributed by atoms with E-state index in [1.807, 2.05) is 192 Å². The molecule has 0 spiro atoms. The van der Waals surface area contributed by atoms with Crippen molar-refractivity contribution < 1.29 is 68.8 Å². The van der Waals surface area contributed by atoms with Gasteiger partial charge in [0.05, 0.1) is 62.3 Å². The van der Waals surface area contributed by atoms with Gasteiger partial charge >= 0.3 is 18.1 Å². The molecular weight excluding hydrogens is 1560 g/mol. The third-order valence-corrected chi connectivity index (χ3v) is 20.7. The number of esters is 2. The van der Waals surface area contributed by atoms with Gasteiger partial charge < -0.3 is 9.47 Å². The summed E-state index contributed by atoms with van der Waals surface area (Å²) >= 11 is 0. The average molecular weight is 1650 g/mol. The highest BCUT2D eigenvalue weighted by molar-refractivity contribution is 5.90. The average Bonchev–Trinajstić information content (AvgIpc) is 0.827. The fraction of sp³-hybridized carbons (Fsp3) is 0.113. The first-order chi connectivity index (χ1) is 60.9. The molecular formula is C106H89F3N12O4+8. The number of aromatic nitrogens is 8. The van der Waals surface area contributed by atoms with Crippen LogP contribution in [0.3, 0.4) is 0 Å². The quantitative estimate of drug-likeness (QED) is 0.0380. The molecule has 0 aliphatic heterocycles. The summed E-state index contributed by atoms with van der Waals surface area (Å²) in [6.45, 7) is 28.4. The number of nitriles is 1. The number of benzene rings is 8.